The van der Waals surface area contributed by atoms with Crippen molar-refractivity contribution in [3.63, 3.8) is 0 Å². The summed E-state index contributed by atoms with van der Waals surface area (Å²) in [5.74, 6) is 0. The molecule has 1 rings (SSSR count). The molecule has 0 N–H and O–H groups in total. The molecule has 2 nitrogen and oxygen atoms in total. The van der Waals surface area contributed by atoms with Gasteiger partial charge in [-0.25, -0.2) is 0 Å². The highest BCUT2D eigenvalue weighted by Crippen LogP contribution is 2.37. The van der Waals surface area contributed by atoms with Gasteiger partial charge in [0.15, 0.2) is 8.32 Å². The molecule has 3 heteroatoms. The second-order valence-corrected chi connectivity index (χ2v) is 11.3. The minimum Gasteiger partial charge on any atom is -0.407 e. The number of rotatable bonds is 6. The molecular weight excluding hydrogens is 252 g/mol. The molecule has 0 unspecified atom stereocenters. The van der Waals surface area contributed by atoms with E-state index in [1.807, 2.05) is 18.2 Å². The Morgan fingerprint density at radius 2 is 1.79 bits per heavy atom. The van der Waals surface area contributed by atoms with Gasteiger partial charge >= 0.3 is 0 Å². The third-order valence-corrected chi connectivity index (χ3v) is 8.47. The van der Waals surface area contributed by atoms with Crippen LogP contribution in [0.25, 0.3) is 0 Å². The van der Waals surface area contributed by atoms with Crippen molar-refractivity contribution in [1.29, 1.82) is 0 Å². The number of carbonyl (C=O) groups excluding carboxylic acids is 1. The summed E-state index contributed by atoms with van der Waals surface area (Å²) in [5.41, 5.74) is 1.26. The van der Waals surface area contributed by atoms with Gasteiger partial charge in [-0.05, 0) is 36.5 Å². The van der Waals surface area contributed by atoms with Gasteiger partial charge in [0, 0.05) is 0 Å². The van der Waals surface area contributed by atoms with Crippen LogP contribution in [0, 0.1) is 0 Å². The van der Waals surface area contributed by atoms with Crippen LogP contribution in [0.1, 0.15) is 32.8 Å². The Balaban J connectivity index is 2.58. The summed E-state index contributed by atoms with van der Waals surface area (Å²) in [5, 5.41) is 0.140. The molecule has 1 aromatic carbocycles. The van der Waals surface area contributed by atoms with E-state index >= 15 is 0 Å². The molecule has 0 aromatic heterocycles. The fraction of sp³-hybridized carbons (Fsp3) is 0.562. The second kappa shape index (κ2) is 6.48. The fourth-order valence-electron chi connectivity index (χ4n) is 1.66. The third kappa shape index (κ3) is 4.92. The zero-order valence-electron chi connectivity index (χ0n) is 12.8. The first-order valence-electron chi connectivity index (χ1n) is 6.93. The van der Waals surface area contributed by atoms with Crippen LogP contribution in [0.5, 0.6) is 0 Å². The van der Waals surface area contributed by atoms with Gasteiger partial charge < -0.3 is 9.22 Å². The quantitative estimate of drug-likeness (QED) is 0.575. The summed E-state index contributed by atoms with van der Waals surface area (Å²) in [6.45, 7) is 11.0. The predicted molar refractivity (Wildman–Crippen MR) is 82.9 cm³/mol. The Hall–Kier alpha value is -0.933. The molecule has 0 fully saturated rings. The van der Waals surface area contributed by atoms with Crippen LogP contribution in [0.4, 0.5) is 0 Å². The minimum atomic E-state index is -1.86. The third-order valence-electron chi connectivity index (χ3n) is 3.96. The topological polar surface area (TPSA) is 26.3 Å². The Morgan fingerprint density at radius 1 is 1.21 bits per heavy atom. The van der Waals surface area contributed by atoms with Crippen molar-refractivity contribution in [3.8, 4) is 0 Å². The van der Waals surface area contributed by atoms with Crippen molar-refractivity contribution in [2.24, 2.45) is 0 Å². The number of hydrogen-bond acceptors (Lipinski definition) is 2. The molecule has 0 aliphatic carbocycles. The maximum Gasteiger partial charge on any atom is 0.193 e. The summed E-state index contributed by atoms with van der Waals surface area (Å²) in [4.78, 5) is 11.2. The van der Waals surface area contributed by atoms with E-state index in [1.54, 1.807) is 0 Å². The van der Waals surface area contributed by atoms with E-state index in [0.29, 0.717) is 0 Å². The number of benzene rings is 1. The van der Waals surface area contributed by atoms with Crippen molar-refractivity contribution in [2.75, 3.05) is 0 Å². The van der Waals surface area contributed by atoms with Crippen LogP contribution in [0.3, 0.4) is 0 Å². The van der Waals surface area contributed by atoms with Gasteiger partial charge in [0.25, 0.3) is 0 Å². The first-order chi connectivity index (χ1) is 8.76. The highest BCUT2D eigenvalue weighted by molar-refractivity contribution is 6.74. The maximum atomic E-state index is 11.2. The molecule has 0 bridgehead atoms. The van der Waals surface area contributed by atoms with Crippen molar-refractivity contribution >= 4 is 14.6 Å². The molecule has 0 saturated heterocycles. The average molecular weight is 278 g/mol. The molecule has 19 heavy (non-hydrogen) atoms. The molecule has 0 heterocycles. The molecule has 1 aromatic rings. The number of carbonyl (C=O) groups is 1. The summed E-state index contributed by atoms with van der Waals surface area (Å²) in [7, 11) is -1.86. The van der Waals surface area contributed by atoms with Crippen molar-refractivity contribution in [3.05, 3.63) is 35.9 Å². The molecular formula is C16H26O2Si. The van der Waals surface area contributed by atoms with E-state index in [2.05, 4.69) is 46.0 Å². The molecule has 0 radical (unpaired) electrons. The van der Waals surface area contributed by atoms with Gasteiger partial charge in [-0.2, -0.15) is 0 Å². The Labute approximate surface area is 118 Å². The zero-order chi connectivity index (χ0) is 14.5. The number of hydrogen-bond donors (Lipinski definition) is 0. The van der Waals surface area contributed by atoms with E-state index in [4.69, 9.17) is 4.43 Å². The lowest BCUT2D eigenvalue weighted by atomic mass is 10.1. The van der Waals surface area contributed by atoms with Crippen molar-refractivity contribution in [2.45, 2.75) is 57.8 Å². The zero-order valence-corrected chi connectivity index (χ0v) is 13.8. The lowest BCUT2D eigenvalue weighted by molar-refractivity contribution is -0.114. The number of aryl methyl sites for hydroxylation is 1. The standard InChI is InChI=1S/C16H26O2Si/c1-16(2,3)19(4,5)18-15(13-17)12-11-14-9-7-6-8-10-14/h6-10,13,15H,11-12H2,1-5H3/t15-/m0/s1. The SMILES string of the molecule is CC(C)(C)[Si](C)(C)O[C@H](C=O)CCc1ccccc1. The van der Waals surface area contributed by atoms with Gasteiger partial charge in [0.2, 0.25) is 0 Å². The smallest absolute Gasteiger partial charge is 0.193 e. The maximum absolute atomic E-state index is 11.2. The van der Waals surface area contributed by atoms with Crippen molar-refractivity contribution in [1.82, 2.24) is 0 Å². The van der Waals surface area contributed by atoms with Gasteiger partial charge in [-0.15, -0.1) is 0 Å². The largest absolute Gasteiger partial charge is 0.407 e. The minimum absolute atomic E-state index is 0.140. The second-order valence-electron chi connectivity index (χ2n) is 6.58. The van der Waals surface area contributed by atoms with E-state index in [-0.39, 0.29) is 11.1 Å². The molecule has 0 aliphatic rings. The molecule has 106 valence electrons. The van der Waals surface area contributed by atoms with Crippen LogP contribution in [-0.2, 0) is 15.6 Å². The highest BCUT2D eigenvalue weighted by atomic mass is 28.4. The van der Waals surface area contributed by atoms with Gasteiger partial charge in [0.1, 0.15) is 12.4 Å². The van der Waals surface area contributed by atoms with E-state index in [9.17, 15) is 4.79 Å². The molecule has 0 saturated carbocycles. The lowest BCUT2D eigenvalue weighted by Crippen LogP contribution is -2.44. The lowest BCUT2D eigenvalue weighted by Gasteiger charge is -2.38. The summed E-state index contributed by atoms with van der Waals surface area (Å²) >= 11 is 0. The summed E-state index contributed by atoms with van der Waals surface area (Å²) < 4.78 is 6.14. The highest BCUT2D eigenvalue weighted by Gasteiger charge is 2.38. The molecule has 1 atom stereocenters. The van der Waals surface area contributed by atoms with E-state index < -0.39 is 8.32 Å². The van der Waals surface area contributed by atoms with E-state index in [1.165, 1.54) is 5.56 Å². The average Bonchev–Trinajstić information content (AvgIpc) is 2.34. The van der Waals surface area contributed by atoms with Crippen LogP contribution >= 0.6 is 0 Å². The first-order valence-corrected chi connectivity index (χ1v) is 9.84. The van der Waals surface area contributed by atoms with E-state index in [0.717, 1.165) is 19.1 Å². The van der Waals surface area contributed by atoms with Gasteiger partial charge in [-0.3, -0.25) is 0 Å². The Morgan fingerprint density at radius 3 is 2.26 bits per heavy atom. The number of aldehydes is 1. The van der Waals surface area contributed by atoms with Gasteiger partial charge in [-0.1, -0.05) is 51.1 Å². The Kier molecular flexibility index (Phi) is 5.50. The normalized spacial score (nSPS) is 14.2. The van der Waals surface area contributed by atoms with Crippen LogP contribution in [0.15, 0.2) is 30.3 Å². The van der Waals surface area contributed by atoms with Crippen molar-refractivity contribution < 1.29 is 9.22 Å². The fourth-order valence-corrected chi connectivity index (χ4v) is 2.95. The Bertz CT molecular complexity index is 393. The predicted octanol–water partition coefficient (Wildman–Crippen LogP) is 4.21. The van der Waals surface area contributed by atoms with Gasteiger partial charge in [0.05, 0.1) is 0 Å². The monoisotopic (exact) mass is 278 g/mol. The van der Waals surface area contributed by atoms with Crippen LogP contribution in [-0.4, -0.2) is 20.7 Å². The van der Waals surface area contributed by atoms with Crippen LogP contribution < -0.4 is 0 Å². The summed E-state index contributed by atoms with van der Waals surface area (Å²) in [6.07, 6.45) is 2.34. The van der Waals surface area contributed by atoms with Crippen LogP contribution in [0.2, 0.25) is 18.1 Å². The molecule has 0 aliphatic heterocycles. The summed E-state index contributed by atoms with van der Waals surface area (Å²) in [6, 6.07) is 10.2. The molecule has 0 spiro atoms. The first kappa shape index (κ1) is 16.1. The molecule has 0 amide bonds.